The smallest absolute Gasteiger partial charge is 0.279 e. The molecule has 0 aliphatic carbocycles. The third-order valence-electron chi connectivity index (χ3n) is 26.8. The molecule has 148 heavy (non-hydrogen) atoms. The van der Waals surface area contributed by atoms with Gasteiger partial charge in [0.2, 0.25) is 5.79 Å². The molecule has 0 amide bonds. The second-order valence-corrected chi connectivity index (χ2v) is 70.4. The van der Waals surface area contributed by atoms with Crippen molar-refractivity contribution in [3.63, 3.8) is 0 Å². The van der Waals surface area contributed by atoms with Crippen LogP contribution in [0.1, 0.15) is 125 Å². The summed E-state index contributed by atoms with van der Waals surface area (Å²) >= 11 is 6.40. The number of H-pyrrole nitrogens is 6. The first-order chi connectivity index (χ1) is 68.6. The summed E-state index contributed by atoms with van der Waals surface area (Å²) in [5.74, 6) is 0.112. The third-order valence-corrected chi connectivity index (χ3v) is 36.0. The number of rotatable bonds is 24. The highest BCUT2D eigenvalue weighted by atomic mass is 35.5. The molecule has 7 aliphatic rings. The normalized spacial score (nSPS) is 29.1. The zero-order valence-corrected chi connectivity index (χ0v) is 92.8. The maximum atomic E-state index is 14.6. The van der Waals surface area contributed by atoms with Gasteiger partial charge in [0.05, 0.1) is 74.6 Å². The van der Waals surface area contributed by atoms with Gasteiger partial charge >= 0.3 is 0 Å². The summed E-state index contributed by atoms with van der Waals surface area (Å²) in [7, 11) is 0. The standard InChI is InChI=1S/C16H23N4O4P.2C16H25N4O4P.C15H22ClN4O3P.C15H22FN4O3P.C15H23N4O5P/c1-9-18-13-10(14(22)19-9)17-8-20(13)15-11-12(21)16(24-15,7-23-11)5-6-25(2,3)4;1-9-18-13-10(14(23)19-9)17-8-20(13)15-11(21)12(22)16(2,24-15)6-7-25(3,4)5;1-9-18-13-11(14(22)19-9)17-8-20(13)15-16(2,23)12(21)10(24-15)6-7-25(3,4)5;2*1-8-18-13-11(14(22)19-8)17-7-20(13)15-10(16)12(21)9(23-15)5-6-24(2,3)4;1-8-17-12-10(13(21)18-8)16-7-19(12)14-15(22,23)11(20)9(24-14)5-6-25(2,3)4/h8,11-12,15,21H,2,5-7H2,1,3-4H3,(H,18,19,22);8,11-12,15,21-22H,3,6-7H2,1-2,4-5H3,(H,18,19,23);8,10,12,15,21,23H,3,6-7H2,1-2,4-5H3,(H,18,19,22);2*7,9-10,12,15,21H,2,5-6H2,1,3-4H3,(H,18,19,22);7,9,11,14,20,22-23H,2,5-6H2,1,3-4H3,(H,17,18,21)/t11-,12+,15-,16+;11-,12+,15-,16-;10-,12-,15-,16-;2*9-,10-,12-,15-;9-,11-,14-/m111111/s1. The van der Waals surface area contributed by atoms with Crippen molar-refractivity contribution in [1.29, 1.82) is 0 Å². The van der Waals surface area contributed by atoms with Gasteiger partial charge in [-0.2, -0.15) is 0 Å². The summed E-state index contributed by atoms with van der Waals surface area (Å²) in [5.41, 5.74) is -2.31. The van der Waals surface area contributed by atoms with Crippen molar-refractivity contribution in [3.8, 4) is 0 Å². The molecule has 55 heteroatoms. The quantitative estimate of drug-likeness (QED) is 0.0233. The highest BCUT2D eigenvalue weighted by Gasteiger charge is 2.63. The second-order valence-electron chi connectivity index (χ2n) is 44.0. The number of nitrogens with one attached hydrogen (secondary N) is 6. The Bertz CT molecular complexity index is 7240. The number of imidazole rings is 6. The molecular weight excluding hydrogens is 2060 g/mol. The first-order valence-electron chi connectivity index (χ1n) is 48.0. The fourth-order valence-electron chi connectivity index (χ4n) is 18.5. The summed E-state index contributed by atoms with van der Waals surface area (Å²) in [6.45, 7) is 31.4. The molecule has 16 N–H and O–H groups in total. The van der Waals surface area contributed by atoms with E-state index < -0.39 is 186 Å². The minimum absolute atomic E-state index is 0.0627. The van der Waals surface area contributed by atoms with Gasteiger partial charge in [-0.15, -0.1) is 90.7 Å². The number of aliphatic hydroxyl groups excluding tert-OH is 7. The second kappa shape index (κ2) is 43.4. The maximum Gasteiger partial charge on any atom is 0.279 e. The van der Waals surface area contributed by atoms with Crippen LogP contribution in [0.2, 0.25) is 0 Å². The van der Waals surface area contributed by atoms with Crippen LogP contribution in [-0.2, 0) is 33.2 Å². The van der Waals surface area contributed by atoms with Crippen LogP contribution in [0.15, 0.2) is 66.7 Å². The Morgan fingerprint density at radius 3 is 1.04 bits per heavy atom. The lowest BCUT2D eigenvalue weighted by Crippen LogP contribution is -2.46. The summed E-state index contributed by atoms with van der Waals surface area (Å²) in [6.07, 6.45) is 25.0. The van der Waals surface area contributed by atoms with Crippen LogP contribution < -0.4 is 33.4 Å². The van der Waals surface area contributed by atoms with Crippen molar-refractivity contribution in [1.82, 2.24) is 117 Å². The lowest BCUT2D eigenvalue weighted by molar-refractivity contribution is -0.247. The highest BCUT2D eigenvalue weighted by Crippen LogP contribution is 2.53. The van der Waals surface area contributed by atoms with E-state index in [1.54, 1.807) is 57.6 Å². The number of nitrogens with zero attached hydrogens (tertiary/aromatic N) is 18. The monoisotopic (exact) mass is 2200 g/mol. The van der Waals surface area contributed by atoms with E-state index in [1.165, 1.54) is 63.2 Å². The van der Waals surface area contributed by atoms with Crippen molar-refractivity contribution in [2.75, 3.05) is 124 Å². The third kappa shape index (κ3) is 25.1. The van der Waals surface area contributed by atoms with E-state index in [9.17, 15) is 84.2 Å². The predicted octanol–water partition coefficient (Wildman–Crippen LogP) is 3.61. The Labute approximate surface area is 855 Å². The SMILES string of the molecule is C=P(C)(C)CC[C@@]1(C)O[C@@H](n2cnc3c(=O)[nH]c(C)nc32)[C@H](O)[C@@H]1O.C=P(C)(C)CC[C@@]12CO[C@@H]([C@H](n3cnc4c(=O)[nH]c(C)nc43)O1)[C@@H]2O.C=P(C)(C)CC[C@H]1O[C@@H](n2cnc3c(=O)[nH]c(C)nc32)C(O)(O)[C@@H]1O.C=P(C)(C)CC[C@H]1O[C@@H](n2cnc3c(=O)[nH]c(C)nc32)[C@H](Cl)[C@@H]1O.C=P(C)(C)CC[C@H]1O[C@@H](n2cnc3c(=O)[nH]c(C)nc32)[C@H](F)[C@@H]1O.C=P(C)(C)CC[C@H]1O[C@@H](n2cnc3c(=O)[nH]c(C)nc32)[C@](C)(O)[C@@H]1O. The maximum absolute atomic E-state index is 14.6. The molecule has 7 saturated heterocycles. The number of ether oxygens (including phenoxy) is 7. The molecule has 0 unspecified atom stereocenters. The number of hydrogen-bond acceptors (Lipinski definition) is 35. The molecule has 19 heterocycles. The van der Waals surface area contributed by atoms with Crippen molar-refractivity contribution < 1.29 is 88.6 Å². The van der Waals surface area contributed by atoms with Crippen LogP contribution in [0, 0.1) is 41.5 Å². The van der Waals surface area contributed by atoms with Gasteiger partial charge < -0.3 is 114 Å². The minimum atomic E-state index is -2.53. The van der Waals surface area contributed by atoms with Crippen molar-refractivity contribution in [3.05, 3.63) is 135 Å². The zero-order valence-electron chi connectivity index (χ0n) is 86.7. The van der Waals surface area contributed by atoms with Crippen molar-refractivity contribution in [2.45, 2.75) is 239 Å². The van der Waals surface area contributed by atoms with Crippen LogP contribution >= 0.6 is 52.9 Å². The number of aromatic amines is 6. The van der Waals surface area contributed by atoms with Gasteiger partial charge in [0, 0.05) is 0 Å². The van der Waals surface area contributed by atoms with E-state index in [1.807, 2.05) is 0 Å². The molecule has 0 saturated carbocycles. The van der Waals surface area contributed by atoms with Gasteiger partial charge in [-0.05, 0) is 211 Å². The Morgan fingerprint density at radius 2 is 0.669 bits per heavy atom. The summed E-state index contributed by atoms with van der Waals surface area (Å²) in [6, 6.07) is 0. The van der Waals surface area contributed by atoms with E-state index in [4.69, 9.17) is 44.8 Å². The number of aryl methyl sites for hydroxylation is 6. The molecule has 814 valence electrons. The van der Waals surface area contributed by atoms with Gasteiger partial charge in [-0.3, -0.25) is 56.2 Å². The number of aromatic nitrogens is 24. The minimum Gasteiger partial charge on any atom is -0.389 e. The van der Waals surface area contributed by atoms with Gasteiger partial charge in [0.15, 0.2) is 111 Å². The molecule has 0 spiro atoms. The van der Waals surface area contributed by atoms with Crippen LogP contribution in [0.4, 0.5) is 4.39 Å². The Kier molecular flexibility index (Phi) is 33.7. The fourth-order valence-corrected chi connectivity index (χ4v) is 24.7. The van der Waals surface area contributed by atoms with E-state index in [0.29, 0.717) is 103 Å². The molecule has 2 bridgehead atoms. The van der Waals surface area contributed by atoms with Gasteiger partial charge in [-0.25, -0.2) is 64.2 Å². The molecule has 7 fully saturated rings. The summed E-state index contributed by atoms with van der Waals surface area (Å²) in [5, 5.41) is 104. The molecule has 12 aromatic heterocycles. The van der Waals surface area contributed by atoms with Crippen molar-refractivity contribution >= 4 is 158 Å². The Hall–Kier alpha value is -8.56. The lowest BCUT2D eigenvalue weighted by Gasteiger charge is -2.32. The fraction of sp³-hybridized carbons (Fsp3) is 0.613. The van der Waals surface area contributed by atoms with E-state index in [2.05, 4.69) is 207 Å². The molecule has 0 radical (unpaired) electrons. The molecule has 19 rings (SSSR count). The highest BCUT2D eigenvalue weighted by molar-refractivity contribution is 7.73. The molecule has 7 aliphatic heterocycles. The first kappa shape index (κ1) is 115. The predicted molar refractivity (Wildman–Crippen MR) is 581 cm³/mol. The van der Waals surface area contributed by atoms with Gasteiger partial charge in [-0.1, -0.05) is 0 Å². The van der Waals surface area contributed by atoms with E-state index in [-0.39, 0.29) is 78.3 Å². The number of fused-ring (bicyclic) bond motifs is 8. The largest absolute Gasteiger partial charge is 0.389 e. The average molecular weight is 2200 g/mol. The molecule has 23 atom stereocenters. The lowest BCUT2D eigenvalue weighted by atomic mass is 9.95. The average Bonchev–Trinajstić information content (AvgIpc) is 1.56. The zero-order chi connectivity index (χ0) is 109. The van der Waals surface area contributed by atoms with Crippen LogP contribution in [0.25, 0.3) is 67.0 Å². The van der Waals surface area contributed by atoms with Crippen LogP contribution in [-0.4, -0.2) is 437 Å². The van der Waals surface area contributed by atoms with E-state index >= 15 is 0 Å². The summed E-state index contributed by atoms with van der Waals surface area (Å²) < 4.78 is 65.2. The number of aliphatic hydroxyl groups is 10. The van der Waals surface area contributed by atoms with Crippen LogP contribution in [0.3, 0.4) is 0 Å². The molecule has 47 nitrogen and oxygen atoms in total. The van der Waals surface area contributed by atoms with Crippen LogP contribution in [0.5, 0.6) is 0 Å². The topological polar surface area (TPSA) is 648 Å². The van der Waals surface area contributed by atoms with E-state index in [0.717, 1.165) is 37.0 Å². The molecular formula is C93H140ClFN24O23P6. The number of alkyl halides is 2. The molecule has 0 aromatic carbocycles. The number of hydrogen-bond donors (Lipinski definition) is 16. The number of halogens is 2. The van der Waals surface area contributed by atoms with Gasteiger partial charge in [0.25, 0.3) is 33.4 Å². The Morgan fingerprint density at radius 1 is 0.372 bits per heavy atom. The van der Waals surface area contributed by atoms with Gasteiger partial charge in [0.1, 0.15) is 100 Å². The summed E-state index contributed by atoms with van der Waals surface area (Å²) in [4.78, 5) is 137. The first-order valence-corrected chi connectivity index (χ1v) is 66.8. The molecule has 12 aromatic rings. The Balaban J connectivity index is 0.000000140. The van der Waals surface area contributed by atoms with Crippen molar-refractivity contribution in [2.24, 2.45) is 0 Å².